The highest BCUT2D eigenvalue weighted by Gasteiger charge is 2.19. The van der Waals surface area contributed by atoms with E-state index in [1.165, 1.54) is 28.3 Å². The number of hydrogen-bond acceptors (Lipinski definition) is 3. The van der Waals surface area contributed by atoms with Gasteiger partial charge in [0.2, 0.25) is 10.0 Å². The number of aryl methyl sites for hydroxylation is 2. The molecule has 7 heteroatoms. The van der Waals surface area contributed by atoms with Gasteiger partial charge in [0.15, 0.2) is 0 Å². The van der Waals surface area contributed by atoms with Gasteiger partial charge in [0, 0.05) is 10.6 Å². The van der Waals surface area contributed by atoms with Crippen molar-refractivity contribution in [3.8, 4) is 0 Å². The zero-order valence-corrected chi connectivity index (χ0v) is 21.0. The summed E-state index contributed by atoms with van der Waals surface area (Å²) in [6.07, 6.45) is 5.87. The van der Waals surface area contributed by atoms with Gasteiger partial charge in [-0.05, 0) is 85.2 Å². The van der Waals surface area contributed by atoms with Crippen molar-refractivity contribution in [2.24, 2.45) is 0 Å². The Morgan fingerprint density at radius 2 is 1.71 bits per heavy atom. The van der Waals surface area contributed by atoms with Crippen LogP contribution >= 0.6 is 11.6 Å². The van der Waals surface area contributed by atoms with Crippen LogP contribution in [0, 0.1) is 0 Å². The Kier molecular flexibility index (Phi) is 7.29. The molecule has 0 aromatic heterocycles. The van der Waals surface area contributed by atoms with Crippen LogP contribution in [0.4, 0.5) is 5.69 Å². The quantitative estimate of drug-likeness (QED) is 0.458. The summed E-state index contributed by atoms with van der Waals surface area (Å²) < 4.78 is 26.1. The Balaban J connectivity index is 1.44. The summed E-state index contributed by atoms with van der Waals surface area (Å²) in [5.41, 5.74) is 5.72. The molecular weight excluding hydrogens is 468 g/mol. The topological polar surface area (TPSA) is 66.5 Å². The van der Waals surface area contributed by atoms with E-state index in [1.54, 1.807) is 48.5 Å². The second kappa shape index (κ2) is 10.2. The highest BCUT2D eigenvalue weighted by Crippen LogP contribution is 2.26. The van der Waals surface area contributed by atoms with Gasteiger partial charge in [0.1, 0.15) is 0 Å². The van der Waals surface area contributed by atoms with Crippen molar-refractivity contribution in [2.45, 2.75) is 45.2 Å². The van der Waals surface area contributed by atoms with E-state index in [9.17, 15) is 13.2 Å². The molecule has 0 aliphatic heterocycles. The van der Waals surface area contributed by atoms with E-state index in [1.807, 2.05) is 6.92 Å². The minimum Gasteiger partial charge on any atom is -0.346 e. The fourth-order valence-corrected chi connectivity index (χ4v) is 5.41. The molecule has 0 heterocycles. The smallest absolute Gasteiger partial charge is 0.251 e. The molecule has 3 aromatic rings. The van der Waals surface area contributed by atoms with E-state index in [0.29, 0.717) is 16.3 Å². The van der Waals surface area contributed by atoms with Crippen molar-refractivity contribution >= 4 is 33.2 Å². The van der Waals surface area contributed by atoms with Crippen molar-refractivity contribution in [3.05, 3.63) is 99.6 Å². The maximum absolute atomic E-state index is 12.8. The van der Waals surface area contributed by atoms with Crippen molar-refractivity contribution in [1.82, 2.24) is 5.32 Å². The van der Waals surface area contributed by atoms with Crippen molar-refractivity contribution in [2.75, 3.05) is 10.6 Å². The molecule has 178 valence electrons. The minimum atomic E-state index is -3.52. The Labute approximate surface area is 206 Å². The summed E-state index contributed by atoms with van der Waals surface area (Å²) in [6, 6.07) is 20.2. The highest BCUT2D eigenvalue weighted by atomic mass is 35.5. The lowest BCUT2D eigenvalue weighted by atomic mass is 9.89. The first-order valence-electron chi connectivity index (χ1n) is 11.5. The van der Waals surface area contributed by atoms with Gasteiger partial charge >= 0.3 is 0 Å². The fourth-order valence-electron chi connectivity index (χ4n) is 4.34. The monoisotopic (exact) mass is 496 g/mol. The van der Waals surface area contributed by atoms with Crippen LogP contribution in [0.2, 0.25) is 5.02 Å². The van der Waals surface area contributed by atoms with Gasteiger partial charge in [0.25, 0.3) is 5.91 Å². The average molecular weight is 497 g/mol. The molecule has 34 heavy (non-hydrogen) atoms. The molecule has 0 saturated carbocycles. The summed E-state index contributed by atoms with van der Waals surface area (Å²) in [4.78, 5) is 12.8. The van der Waals surface area contributed by atoms with Crippen molar-refractivity contribution < 1.29 is 13.2 Å². The summed E-state index contributed by atoms with van der Waals surface area (Å²) in [6.45, 7) is 2.14. The van der Waals surface area contributed by atoms with Gasteiger partial charge in [-0.3, -0.25) is 9.10 Å². The molecule has 0 saturated heterocycles. The number of benzene rings is 3. The predicted octanol–water partition coefficient (Wildman–Crippen LogP) is 5.68. The largest absolute Gasteiger partial charge is 0.346 e. The molecule has 1 amide bonds. The molecule has 0 fully saturated rings. The zero-order valence-electron chi connectivity index (χ0n) is 19.4. The van der Waals surface area contributed by atoms with Gasteiger partial charge in [-0.25, -0.2) is 8.42 Å². The van der Waals surface area contributed by atoms with E-state index >= 15 is 0 Å². The van der Waals surface area contributed by atoms with Crippen molar-refractivity contribution in [1.29, 1.82) is 0 Å². The molecule has 5 nitrogen and oxygen atoms in total. The number of carbonyl (C=O) groups excluding carboxylic acids is 1. The maximum Gasteiger partial charge on any atom is 0.251 e. The second-order valence-corrected chi connectivity index (χ2v) is 11.2. The SMILES string of the molecule is C[C@H](NC(=O)c1ccc(CN(c2cccc(Cl)c2)S(C)(=O)=O)cc1)c1ccc2c(c1)CCCC2. The van der Waals surface area contributed by atoms with Crippen LogP contribution in [-0.2, 0) is 29.4 Å². The molecule has 0 bridgehead atoms. The lowest BCUT2D eigenvalue weighted by Crippen LogP contribution is -2.29. The van der Waals surface area contributed by atoms with Crippen LogP contribution in [0.1, 0.15) is 58.4 Å². The summed E-state index contributed by atoms with van der Waals surface area (Å²) in [7, 11) is -3.52. The number of anilines is 1. The van der Waals surface area contributed by atoms with Crippen LogP contribution in [0.25, 0.3) is 0 Å². The molecule has 3 aromatic carbocycles. The maximum atomic E-state index is 12.8. The molecule has 1 atom stereocenters. The summed E-state index contributed by atoms with van der Waals surface area (Å²) >= 11 is 6.05. The van der Waals surface area contributed by atoms with E-state index in [0.717, 1.165) is 30.2 Å². The van der Waals surface area contributed by atoms with Crippen LogP contribution in [0.15, 0.2) is 66.7 Å². The van der Waals surface area contributed by atoms with Crippen LogP contribution in [0.5, 0.6) is 0 Å². The van der Waals surface area contributed by atoms with Gasteiger partial charge < -0.3 is 5.32 Å². The summed E-state index contributed by atoms with van der Waals surface area (Å²) in [5.74, 6) is -0.161. The van der Waals surface area contributed by atoms with Crippen LogP contribution < -0.4 is 9.62 Å². The molecule has 1 aliphatic rings. The van der Waals surface area contributed by atoms with E-state index in [4.69, 9.17) is 11.6 Å². The standard InChI is InChI=1S/C27H29ClN2O3S/c1-19(23-15-14-21-6-3-4-7-24(21)16-23)29-27(31)22-12-10-20(11-13-22)18-30(34(2,32)33)26-9-5-8-25(28)17-26/h5,8-17,19H,3-4,6-7,18H2,1-2H3,(H,29,31)/t19-/m0/s1. The Hall–Kier alpha value is -2.83. The average Bonchev–Trinajstić information content (AvgIpc) is 2.81. The molecule has 1 aliphatic carbocycles. The number of hydrogen-bond donors (Lipinski definition) is 1. The number of sulfonamides is 1. The lowest BCUT2D eigenvalue weighted by Gasteiger charge is -2.23. The lowest BCUT2D eigenvalue weighted by molar-refractivity contribution is 0.0940. The number of amides is 1. The van der Waals surface area contributed by atoms with Gasteiger partial charge in [0.05, 0.1) is 24.5 Å². The first-order chi connectivity index (χ1) is 16.2. The molecule has 1 N–H and O–H groups in total. The third kappa shape index (κ3) is 5.80. The Bertz CT molecular complexity index is 1290. The second-order valence-electron chi connectivity index (χ2n) is 8.88. The number of fused-ring (bicyclic) bond motifs is 1. The number of carbonyl (C=O) groups is 1. The summed E-state index contributed by atoms with van der Waals surface area (Å²) in [5, 5.41) is 3.54. The third-order valence-corrected chi connectivity index (χ3v) is 7.63. The number of rotatable bonds is 7. The number of nitrogens with one attached hydrogen (secondary N) is 1. The van der Waals surface area contributed by atoms with Crippen LogP contribution in [-0.4, -0.2) is 20.6 Å². The van der Waals surface area contributed by atoms with Gasteiger partial charge in [-0.1, -0.05) is 48.0 Å². The number of nitrogens with zero attached hydrogens (tertiary/aromatic N) is 1. The molecule has 0 spiro atoms. The molecule has 0 radical (unpaired) electrons. The molecule has 0 unspecified atom stereocenters. The van der Waals surface area contributed by atoms with Gasteiger partial charge in [-0.2, -0.15) is 0 Å². The minimum absolute atomic E-state index is 0.108. The Morgan fingerprint density at radius 3 is 2.38 bits per heavy atom. The Morgan fingerprint density at radius 1 is 1.00 bits per heavy atom. The van der Waals surface area contributed by atoms with E-state index in [-0.39, 0.29) is 18.5 Å². The first kappa shape index (κ1) is 24.3. The highest BCUT2D eigenvalue weighted by molar-refractivity contribution is 7.92. The van der Waals surface area contributed by atoms with E-state index in [2.05, 4.69) is 23.5 Å². The van der Waals surface area contributed by atoms with Crippen molar-refractivity contribution in [3.63, 3.8) is 0 Å². The fraction of sp³-hybridized carbons (Fsp3) is 0.296. The molecular formula is C27H29ClN2O3S. The normalized spacial score (nSPS) is 14.2. The van der Waals surface area contributed by atoms with E-state index < -0.39 is 10.0 Å². The number of halogens is 1. The van der Waals surface area contributed by atoms with Crippen LogP contribution in [0.3, 0.4) is 0 Å². The zero-order chi connectivity index (χ0) is 24.3. The van der Waals surface area contributed by atoms with Gasteiger partial charge in [-0.15, -0.1) is 0 Å². The predicted molar refractivity (Wildman–Crippen MR) is 138 cm³/mol. The first-order valence-corrected chi connectivity index (χ1v) is 13.7. The molecule has 4 rings (SSSR count). The third-order valence-electron chi connectivity index (χ3n) is 6.26.